The van der Waals surface area contributed by atoms with Crippen molar-refractivity contribution in [2.45, 2.75) is 47.2 Å². The van der Waals surface area contributed by atoms with Crippen molar-refractivity contribution in [1.29, 1.82) is 0 Å². The molecule has 0 amide bonds. The third-order valence-corrected chi connectivity index (χ3v) is 3.00. The van der Waals surface area contributed by atoms with E-state index in [1.165, 1.54) is 16.8 Å². The van der Waals surface area contributed by atoms with Crippen LogP contribution in [-0.2, 0) is 13.1 Å². The first kappa shape index (κ1) is 14.0. The van der Waals surface area contributed by atoms with Crippen LogP contribution in [-0.4, -0.2) is 11.1 Å². The smallest absolute Gasteiger partial charge is 0.0259 e. The van der Waals surface area contributed by atoms with Gasteiger partial charge in [-0.05, 0) is 44.4 Å². The second-order valence-corrected chi connectivity index (χ2v) is 5.35. The highest BCUT2D eigenvalue weighted by Crippen LogP contribution is 2.12. The lowest BCUT2D eigenvalue weighted by Gasteiger charge is -2.09. The Morgan fingerprint density at radius 3 is 2.76 bits per heavy atom. The summed E-state index contributed by atoms with van der Waals surface area (Å²) in [5.41, 5.74) is 4.03. The normalized spacial score (nSPS) is 11.1. The lowest BCUT2D eigenvalue weighted by molar-refractivity contribution is 0.550. The zero-order chi connectivity index (χ0) is 12.8. The second-order valence-electron chi connectivity index (χ2n) is 5.35. The van der Waals surface area contributed by atoms with Crippen molar-refractivity contribution < 1.29 is 0 Å². The lowest BCUT2D eigenvalue weighted by Crippen LogP contribution is -2.19. The van der Waals surface area contributed by atoms with Crippen molar-refractivity contribution in [1.82, 2.24) is 9.88 Å². The molecule has 17 heavy (non-hydrogen) atoms. The molecule has 0 saturated carbocycles. The van der Waals surface area contributed by atoms with Crippen LogP contribution in [0.3, 0.4) is 0 Å². The van der Waals surface area contributed by atoms with Crippen LogP contribution < -0.4 is 5.32 Å². The Labute approximate surface area is 106 Å². The van der Waals surface area contributed by atoms with E-state index in [1.54, 1.807) is 0 Å². The van der Waals surface area contributed by atoms with E-state index in [0.717, 1.165) is 26.1 Å². The maximum atomic E-state index is 3.95. The van der Waals surface area contributed by atoms with Gasteiger partial charge in [-0.2, -0.15) is 0 Å². The highest BCUT2D eigenvalue weighted by Gasteiger charge is 2.04. The molecule has 0 aliphatic rings. The molecule has 0 aliphatic heterocycles. The highest BCUT2D eigenvalue weighted by molar-refractivity contribution is 5.21. The molecule has 0 aliphatic carbocycles. The van der Waals surface area contributed by atoms with Crippen molar-refractivity contribution in [3.63, 3.8) is 0 Å². The molecule has 0 unspecified atom stereocenters. The number of aryl methyl sites for hydroxylation is 1. The predicted octanol–water partition coefficient (Wildman–Crippen LogP) is 3.51. The number of allylic oxidation sites excluding steroid dienone is 1. The van der Waals surface area contributed by atoms with Crippen LogP contribution in [0.2, 0.25) is 0 Å². The van der Waals surface area contributed by atoms with Crippen LogP contribution in [0.1, 0.15) is 38.4 Å². The predicted molar refractivity (Wildman–Crippen MR) is 75.1 cm³/mol. The van der Waals surface area contributed by atoms with Gasteiger partial charge in [-0.25, -0.2) is 0 Å². The minimum Gasteiger partial charge on any atom is -0.351 e. The monoisotopic (exact) mass is 234 g/mol. The minimum atomic E-state index is 0.709. The number of hydrogen-bond acceptors (Lipinski definition) is 1. The van der Waals surface area contributed by atoms with Gasteiger partial charge >= 0.3 is 0 Å². The summed E-state index contributed by atoms with van der Waals surface area (Å²) in [7, 11) is 0. The first-order valence-electron chi connectivity index (χ1n) is 6.50. The van der Waals surface area contributed by atoms with Gasteiger partial charge in [0, 0.05) is 25.0 Å². The van der Waals surface area contributed by atoms with Gasteiger partial charge in [-0.15, -0.1) is 6.58 Å². The minimum absolute atomic E-state index is 0.709. The third kappa shape index (κ3) is 4.78. The summed E-state index contributed by atoms with van der Waals surface area (Å²) >= 11 is 0. The van der Waals surface area contributed by atoms with Gasteiger partial charge < -0.3 is 9.88 Å². The molecule has 0 saturated heterocycles. The van der Waals surface area contributed by atoms with Crippen molar-refractivity contribution >= 4 is 0 Å². The van der Waals surface area contributed by atoms with E-state index in [9.17, 15) is 0 Å². The average Bonchev–Trinajstić information content (AvgIpc) is 2.57. The molecule has 1 aromatic rings. The van der Waals surface area contributed by atoms with Crippen molar-refractivity contribution in [2.75, 3.05) is 6.54 Å². The molecule has 0 spiro atoms. The van der Waals surface area contributed by atoms with Crippen molar-refractivity contribution in [3.8, 4) is 0 Å². The van der Waals surface area contributed by atoms with Gasteiger partial charge in [0.25, 0.3) is 0 Å². The van der Waals surface area contributed by atoms with Crippen LogP contribution in [0.25, 0.3) is 0 Å². The molecule has 96 valence electrons. The van der Waals surface area contributed by atoms with E-state index in [2.05, 4.69) is 56.4 Å². The molecule has 1 rings (SSSR count). The fourth-order valence-electron chi connectivity index (χ4n) is 1.83. The lowest BCUT2D eigenvalue weighted by atomic mass is 10.2. The summed E-state index contributed by atoms with van der Waals surface area (Å²) in [5.74, 6) is 0.709. The number of rotatable bonds is 7. The Morgan fingerprint density at radius 2 is 2.18 bits per heavy atom. The van der Waals surface area contributed by atoms with Crippen LogP contribution in [0.15, 0.2) is 24.4 Å². The van der Waals surface area contributed by atoms with Crippen molar-refractivity contribution in [2.24, 2.45) is 5.92 Å². The van der Waals surface area contributed by atoms with Gasteiger partial charge in [0.1, 0.15) is 0 Å². The Morgan fingerprint density at radius 1 is 1.47 bits per heavy atom. The van der Waals surface area contributed by atoms with Crippen LogP contribution in [0.4, 0.5) is 0 Å². The summed E-state index contributed by atoms with van der Waals surface area (Å²) in [4.78, 5) is 0. The first-order chi connectivity index (χ1) is 8.00. The number of hydrogen-bond donors (Lipinski definition) is 1. The highest BCUT2D eigenvalue weighted by atomic mass is 15.0. The van der Waals surface area contributed by atoms with E-state index in [0.29, 0.717) is 5.92 Å². The van der Waals surface area contributed by atoms with Gasteiger partial charge in [-0.1, -0.05) is 19.4 Å². The molecular formula is C15H26N2. The van der Waals surface area contributed by atoms with Crippen LogP contribution >= 0.6 is 0 Å². The molecule has 1 aromatic heterocycles. The Kier molecular flexibility index (Phi) is 5.49. The molecule has 2 heteroatoms. The molecule has 0 bridgehead atoms. The van der Waals surface area contributed by atoms with E-state index in [1.807, 2.05) is 0 Å². The maximum absolute atomic E-state index is 3.95. The summed E-state index contributed by atoms with van der Waals surface area (Å²) < 4.78 is 2.32. The van der Waals surface area contributed by atoms with Gasteiger partial charge in [0.05, 0.1) is 0 Å². The second kappa shape index (κ2) is 6.65. The molecule has 0 atom stereocenters. The summed E-state index contributed by atoms with van der Waals surface area (Å²) in [6.45, 7) is 15.8. The van der Waals surface area contributed by atoms with Gasteiger partial charge in [-0.3, -0.25) is 0 Å². The zero-order valence-corrected chi connectivity index (χ0v) is 11.7. The molecule has 0 aromatic carbocycles. The number of aromatic nitrogens is 1. The molecule has 2 nitrogen and oxygen atoms in total. The van der Waals surface area contributed by atoms with E-state index >= 15 is 0 Å². The quantitative estimate of drug-likeness (QED) is 0.714. The van der Waals surface area contributed by atoms with E-state index in [4.69, 9.17) is 0 Å². The van der Waals surface area contributed by atoms with Gasteiger partial charge in [0.15, 0.2) is 0 Å². The van der Waals surface area contributed by atoms with Crippen LogP contribution in [0.5, 0.6) is 0 Å². The summed E-state index contributed by atoms with van der Waals surface area (Å²) in [5, 5.41) is 3.49. The Balaban J connectivity index is 2.48. The zero-order valence-electron chi connectivity index (χ0n) is 11.7. The van der Waals surface area contributed by atoms with Crippen LogP contribution in [0, 0.1) is 12.8 Å². The summed E-state index contributed by atoms with van der Waals surface area (Å²) in [6, 6.07) is 2.22. The van der Waals surface area contributed by atoms with E-state index < -0.39 is 0 Å². The molecule has 1 N–H and O–H groups in total. The first-order valence-corrected chi connectivity index (χ1v) is 6.50. The molecule has 0 fully saturated rings. The topological polar surface area (TPSA) is 17.0 Å². The number of nitrogens with zero attached hydrogens (tertiary/aromatic N) is 1. The fourth-order valence-corrected chi connectivity index (χ4v) is 1.83. The largest absolute Gasteiger partial charge is 0.351 e. The maximum Gasteiger partial charge on any atom is 0.0259 e. The number of nitrogens with one attached hydrogen (secondary N) is 1. The van der Waals surface area contributed by atoms with E-state index in [-0.39, 0.29) is 0 Å². The Bertz CT molecular complexity index is 361. The van der Waals surface area contributed by atoms with Gasteiger partial charge in [0.2, 0.25) is 0 Å². The summed E-state index contributed by atoms with van der Waals surface area (Å²) in [6.07, 6.45) is 3.25. The average molecular weight is 234 g/mol. The standard InChI is InChI=1S/C15H26N2/c1-12(2)6-8-17-9-7-15(14(17)5)11-16-10-13(3)4/h7,9,13,16H,1,6,8,10-11H2,2-5H3. The fraction of sp³-hybridized carbons (Fsp3) is 0.600. The molecule has 0 radical (unpaired) electrons. The SMILES string of the molecule is C=C(C)CCn1ccc(CNCC(C)C)c1C. The van der Waals surface area contributed by atoms with Crippen molar-refractivity contribution in [3.05, 3.63) is 35.7 Å². The molecular weight excluding hydrogens is 208 g/mol. The molecule has 1 heterocycles. The third-order valence-electron chi connectivity index (χ3n) is 3.00. The Hall–Kier alpha value is -1.02.